The first-order valence-corrected chi connectivity index (χ1v) is 12.7. The number of aliphatic hydroxyl groups is 1. The number of nitrogens with one attached hydrogen (secondary N) is 1. The van der Waals surface area contributed by atoms with Crippen molar-refractivity contribution in [2.24, 2.45) is 7.05 Å². The highest BCUT2D eigenvalue weighted by atomic mass is 16.7. The molecule has 4 heterocycles. The van der Waals surface area contributed by atoms with Crippen molar-refractivity contribution in [1.29, 1.82) is 0 Å². The first kappa shape index (κ1) is 27.4. The van der Waals surface area contributed by atoms with Gasteiger partial charge in [0.1, 0.15) is 41.6 Å². The van der Waals surface area contributed by atoms with E-state index in [0.29, 0.717) is 40.6 Å². The summed E-state index contributed by atoms with van der Waals surface area (Å²) >= 11 is 0. The van der Waals surface area contributed by atoms with Crippen LogP contribution < -0.4 is 14.8 Å². The third kappa shape index (κ3) is 5.43. The molecule has 0 saturated carbocycles. The monoisotopic (exact) mass is 552 g/mol. The van der Waals surface area contributed by atoms with Crippen molar-refractivity contribution in [1.82, 2.24) is 24.3 Å². The predicted octanol–water partition coefficient (Wildman–Crippen LogP) is 2.95. The molecule has 212 valence electrons. The van der Waals surface area contributed by atoms with Crippen molar-refractivity contribution < 1.29 is 34.0 Å². The third-order valence-electron chi connectivity index (χ3n) is 6.61. The zero-order chi connectivity index (χ0) is 28.6. The Morgan fingerprint density at radius 1 is 1.23 bits per heavy atom. The van der Waals surface area contributed by atoms with Crippen LogP contribution in [0.2, 0.25) is 0 Å². The van der Waals surface area contributed by atoms with Gasteiger partial charge in [0, 0.05) is 49.6 Å². The van der Waals surface area contributed by atoms with Crippen LogP contribution in [0.4, 0.5) is 5.82 Å². The Balaban J connectivity index is 1.55. The van der Waals surface area contributed by atoms with Crippen LogP contribution >= 0.6 is 0 Å². The number of fused-ring (bicyclic) bond motifs is 1. The molecule has 13 heteroatoms. The van der Waals surface area contributed by atoms with Crippen LogP contribution in [-0.4, -0.2) is 72.7 Å². The van der Waals surface area contributed by atoms with Gasteiger partial charge in [-0.1, -0.05) is 0 Å². The van der Waals surface area contributed by atoms with Gasteiger partial charge in [-0.3, -0.25) is 4.68 Å². The van der Waals surface area contributed by atoms with Crippen LogP contribution in [0.25, 0.3) is 22.3 Å². The van der Waals surface area contributed by atoms with E-state index in [2.05, 4.69) is 20.4 Å². The number of aliphatic carboxylic acids is 1. The number of rotatable bonds is 10. The highest BCUT2D eigenvalue weighted by molar-refractivity contribution is 6.00. The number of ether oxygens (including phenoxy) is 4. The SMILES string of the molecule is COc1ccc(CNc2ncnc3c2c(-c2ccn(C)n2)cn3[C@H]2C[C@H](OC(C)(C)O)[C@@H](C(=O)O)O2)c(OC)c1. The molecule has 4 aromatic rings. The maximum atomic E-state index is 12.0. The number of carboxylic acids is 1. The fourth-order valence-electron chi connectivity index (χ4n) is 4.88. The first-order valence-electron chi connectivity index (χ1n) is 12.7. The molecule has 1 fully saturated rings. The van der Waals surface area contributed by atoms with Crippen molar-refractivity contribution in [3.05, 3.63) is 48.5 Å². The van der Waals surface area contributed by atoms with Gasteiger partial charge in [-0.25, -0.2) is 14.8 Å². The van der Waals surface area contributed by atoms with Gasteiger partial charge in [-0.2, -0.15) is 5.10 Å². The average molecular weight is 553 g/mol. The summed E-state index contributed by atoms with van der Waals surface area (Å²) in [4.78, 5) is 21.0. The van der Waals surface area contributed by atoms with Crippen LogP contribution in [0, 0.1) is 0 Å². The number of benzene rings is 1. The zero-order valence-electron chi connectivity index (χ0n) is 22.9. The molecule has 0 radical (unpaired) electrons. The molecule has 1 saturated heterocycles. The molecule has 13 nitrogen and oxygen atoms in total. The van der Waals surface area contributed by atoms with Gasteiger partial charge in [0.15, 0.2) is 11.9 Å². The van der Waals surface area contributed by atoms with Crippen LogP contribution in [0.15, 0.2) is 43.0 Å². The summed E-state index contributed by atoms with van der Waals surface area (Å²) in [5, 5.41) is 28.6. The van der Waals surface area contributed by atoms with E-state index in [4.69, 9.17) is 18.9 Å². The number of aryl methyl sites for hydroxylation is 1. The summed E-state index contributed by atoms with van der Waals surface area (Å²) in [5.41, 5.74) is 2.84. The number of carboxylic acid groups (broad SMARTS) is 1. The molecular weight excluding hydrogens is 520 g/mol. The Hall–Kier alpha value is -4.20. The Kier molecular flexibility index (Phi) is 7.36. The summed E-state index contributed by atoms with van der Waals surface area (Å²) in [6.07, 6.45) is 2.41. The van der Waals surface area contributed by atoms with Crippen molar-refractivity contribution in [2.45, 2.75) is 51.0 Å². The minimum absolute atomic E-state index is 0.183. The van der Waals surface area contributed by atoms with E-state index in [1.54, 1.807) is 23.5 Å². The lowest BCUT2D eigenvalue weighted by molar-refractivity contribution is -0.216. The molecule has 3 N–H and O–H groups in total. The lowest BCUT2D eigenvalue weighted by Gasteiger charge is -2.24. The van der Waals surface area contributed by atoms with Gasteiger partial charge in [0.05, 0.1) is 25.3 Å². The highest BCUT2D eigenvalue weighted by Crippen LogP contribution is 2.40. The number of anilines is 1. The van der Waals surface area contributed by atoms with Crippen molar-refractivity contribution in [2.75, 3.05) is 19.5 Å². The van der Waals surface area contributed by atoms with Gasteiger partial charge >= 0.3 is 5.97 Å². The van der Waals surface area contributed by atoms with Gasteiger partial charge < -0.3 is 39.0 Å². The smallest absolute Gasteiger partial charge is 0.335 e. The van der Waals surface area contributed by atoms with E-state index in [-0.39, 0.29) is 6.42 Å². The molecule has 3 aromatic heterocycles. The van der Waals surface area contributed by atoms with Crippen molar-refractivity contribution >= 4 is 22.8 Å². The number of hydrogen-bond acceptors (Lipinski definition) is 10. The van der Waals surface area contributed by atoms with E-state index < -0.39 is 30.2 Å². The average Bonchev–Trinajstić information content (AvgIpc) is 3.63. The lowest BCUT2D eigenvalue weighted by Crippen LogP contribution is -2.38. The molecule has 1 aromatic carbocycles. The molecule has 5 rings (SSSR count). The summed E-state index contributed by atoms with van der Waals surface area (Å²) in [6, 6.07) is 7.45. The largest absolute Gasteiger partial charge is 0.497 e. The molecule has 0 unspecified atom stereocenters. The Bertz CT molecular complexity index is 1530. The molecule has 40 heavy (non-hydrogen) atoms. The predicted molar refractivity (Wildman–Crippen MR) is 144 cm³/mol. The maximum Gasteiger partial charge on any atom is 0.335 e. The first-order chi connectivity index (χ1) is 19.1. The molecule has 1 aliphatic rings. The second kappa shape index (κ2) is 10.8. The van der Waals surface area contributed by atoms with Gasteiger partial charge in [-0.15, -0.1) is 0 Å². The molecular formula is C27H32N6O7. The summed E-state index contributed by atoms with van der Waals surface area (Å²) < 4.78 is 25.9. The number of aromatic nitrogens is 5. The second-order valence-corrected chi connectivity index (χ2v) is 9.97. The zero-order valence-corrected chi connectivity index (χ0v) is 22.9. The van der Waals surface area contributed by atoms with E-state index >= 15 is 0 Å². The number of hydrogen-bond donors (Lipinski definition) is 3. The fraction of sp³-hybridized carbons (Fsp3) is 0.407. The van der Waals surface area contributed by atoms with Crippen LogP contribution in [0.1, 0.15) is 32.1 Å². The van der Waals surface area contributed by atoms with Gasteiger partial charge in [-0.05, 0) is 32.0 Å². The minimum atomic E-state index is -1.53. The molecule has 1 aliphatic heterocycles. The molecule has 0 bridgehead atoms. The van der Waals surface area contributed by atoms with Gasteiger partial charge in [0.25, 0.3) is 0 Å². The maximum absolute atomic E-state index is 12.0. The van der Waals surface area contributed by atoms with E-state index in [1.165, 1.54) is 20.2 Å². The summed E-state index contributed by atoms with van der Waals surface area (Å²) in [7, 11) is 5.02. The molecule has 0 spiro atoms. The number of methoxy groups -OCH3 is 2. The standard InChI is InChI=1S/C27H32N6O7/c1-27(2,36)40-20-11-21(39-23(20)26(34)35)33-13-17(18-8-9-32(3)31-18)22-24(29-14-30-25(22)33)28-12-15-6-7-16(37-4)10-19(15)38-5/h6-10,13-14,20-21,23,36H,11-12H2,1-5H3,(H,34,35)(H,28,29,30)/t20-,21+,23-/m0/s1. The Labute approximate surface area is 230 Å². The molecule has 0 amide bonds. The molecule has 0 aliphatic carbocycles. The van der Waals surface area contributed by atoms with Gasteiger partial charge in [0.2, 0.25) is 0 Å². The number of carbonyl (C=O) groups is 1. The summed E-state index contributed by atoms with van der Waals surface area (Å²) in [5.74, 6) is -0.807. The van der Waals surface area contributed by atoms with E-state index in [0.717, 1.165) is 11.1 Å². The minimum Gasteiger partial charge on any atom is -0.497 e. The van der Waals surface area contributed by atoms with Crippen molar-refractivity contribution in [3.63, 3.8) is 0 Å². The van der Waals surface area contributed by atoms with Crippen LogP contribution in [0.3, 0.4) is 0 Å². The van der Waals surface area contributed by atoms with Crippen LogP contribution in [-0.2, 0) is 27.9 Å². The lowest BCUT2D eigenvalue weighted by atomic mass is 10.1. The second-order valence-electron chi connectivity index (χ2n) is 9.97. The fourth-order valence-corrected chi connectivity index (χ4v) is 4.88. The number of nitrogens with zero attached hydrogens (tertiary/aromatic N) is 5. The quantitative estimate of drug-likeness (QED) is 0.249. The normalized spacial score (nSPS) is 19.2. The third-order valence-corrected chi connectivity index (χ3v) is 6.61. The summed E-state index contributed by atoms with van der Waals surface area (Å²) in [6.45, 7) is 3.30. The molecule has 3 atom stereocenters. The Morgan fingerprint density at radius 2 is 2.02 bits per heavy atom. The topological polar surface area (TPSA) is 155 Å². The van der Waals surface area contributed by atoms with Crippen molar-refractivity contribution in [3.8, 4) is 22.8 Å². The Morgan fingerprint density at radius 3 is 2.67 bits per heavy atom. The van der Waals surface area contributed by atoms with E-state index in [9.17, 15) is 15.0 Å². The van der Waals surface area contributed by atoms with Crippen LogP contribution in [0.5, 0.6) is 11.5 Å². The highest BCUT2D eigenvalue weighted by Gasteiger charge is 2.44. The van der Waals surface area contributed by atoms with E-state index in [1.807, 2.05) is 43.7 Å².